The molecule has 1 aliphatic rings. The molecule has 2 N–H and O–H groups in total. The summed E-state index contributed by atoms with van der Waals surface area (Å²) in [5, 5.41) is 16.7. The van der Waals surface area contributed by atoms with Crippen LogP contribution in [0.2, 0.25) is 0 Å². The molecule has 1 aromatic rings. The van der Waals surface area contributed by atoms with Gasteiger partial charge >= 0.3 is 12.0 Å². The zero-order valence-corrected chi connectivity index (χ0v) is 19.2. The molecule has 0 saturated carbocycles. The summed E-state index contributed by atoms with van der Waals surface area (Å²) in [5.41, 5.74) is -0.795. The quantitative estimate of drug-likeness (QED) is 0.468. The van der Waals surface area contributed by atoms with Crippen LogP contribution in [0.1, 0.15) is 47.5 Å². The third-order valence-electron chi connectivity index (χ3n) is 5.19. The molecule has 1 saturated heterocycles. The second kappa shape index (κ2) is 9.63. The Balaban J connectivity index is 2.04. The average Bonchev–Trinajstić information content (AvgIpc) is 3.16. The van der Waals surface area contributed by atoms with Crippen LogP contribution in [0, 0.1) is 15.5 Å². The lowest BCUT2D eigenvalue weighted by Crippen LogP contribution is -2.53. The van der Waals surface area contributed by atoms with Crippen LogP contribution < -0.4 is 10.6 Å². The van der Waals surface area contributed by atoms with Crippen molar-refractivity contribution in [3.63, 3.8) is 0 Å². The lowest BCUT2D eigenvalue weighted by atomic mass is 9.87. The number of rotatable bonds is 8. The van der Waals surface area contributed by atoms with Crippen LogP contribution in [0.4, 0.5) is 10.7 Å². The van der Waals surface area contributed by atoms with Crippen molar-refractivity contribution in [2.45, 2.75) is 71.7 Å². The second-order valence-electron chi connectivity index (χ2n) is 9.77. The predicted molar refractivity (Wildman–Crippen MR) is 114 cm³/mol. The van der Waals surface area contributed by atoms with Gasteiger partial charge in [-0.25, -0.2) is 9.36 Å². The monoisotopic (exact) mass is 438 g/mol. The number of aryl methyl sites for hydroxylation is 1. The maximum atomic E-state index is 13.0. The number of alkyl carbamates (subject to hydrolysis) is 1. The Morgan fingerprint density at radius 2 is 2.10 bits per heavy atom. The first kappa shape index (κ1) is 24.6. The standard InChI is InChI=1S/C20H34N6O5/c1-19(2,3)31-18(28)22-14(8-7-10-25-11-9-21-17(25)26(29)30)16(27)23-15-12-24(6)13-20(15,4)5/h9,11,14-15H,7-8,10,12-13H2,1-6H3,(H,22,28)(H,23,27)/t14-,15-/m0/s1. The molecule has 0 unspecified atom stereocenters. The summed E-state index contributed by atoms with van der Waals surface area (Å²) in [4.78, 5) is 41.7. The Morgan fingerprint density at radius 1 is 1.42 bits per heavy atom. The lowest BCUT2D eigenvalue weighted by molar-refractivity contribution is -0.396. The van der Waals surface area contributed by atoms with E-state index in [1.54, 1.807) is 20.8 Å². The molecular formula is C20H34N6O5. The first-order chi connectivity index (χ1) is 14.3. The number of nitrogens with one attached hydrogen (secondary N) is 2. The Hall–Kier alpha value is -2.69. The highest BCUT2D eigenvalue weighted by Crippen LogP contribution is 2.28. The molecular weight excluding hydrogens is 404 g/mol. The summed E-state index contributed by atoms with van der Waals surface area (Å²) >= 11 is 0. The Kier molecular flexibility index (Phi) is 7.63. The highest BCUT2D eigenvalue weighted by Gasteiger charge is 2.39. The minimum Gasteiger partial charge on any atom is -0.444 e. The fraction of sp³-hybridized carbons (Fsp3) is 0.750. The molecule has 2 heterocycles. The van der Waals surface area contributed by atoms with Crippen molar-refractivity contribution in [2.75, 3.05) is 20.1 Å². The van der Waals surface area contributed by atoms with Gasteiger partial charge in [-0.05, 0) is 51.0 Å². The number of hydrogen-bond donors (Lipinski definition) is 2. The highest BCUT2D eigenvalue weighted by molar-refractivity contribution is 5.86. The maximum absolute atomic E-state index is 13.0. The Labute approximate surface area is 182 Å². The molecule has 2 atom stereocenters. The number of ether oxygens (including phenoxy) is 1. The molecule has 2 amide bonds. The van der Waals surface area contributed by atoms with Crippen LogP contribution in [-0.4, -0.2) is 69.2 Å². The minimum absolute atomic E-state index is 0.0531. The normalized spacial score (nSPS) is 19.6. The summed E-state index contributed by atoms with van der Waals surface area (Å²) < 4.78 is 6.72. The third-order valence-corrected chi connectivity index (χ3v) is 5.19. The number of likely N-dealkylation sites (N-methyl/N-ethyl adjacent to an activating group) is 1. The number of likely N-dealkylation sites (tertiary alicyclic amines) is 1. The van der Waals surface area contributed by atoms with E-state index < -0.39 is 22.7 Å². The van der Waals surface area contributed by atoms with E-state index in [1.165, 1.54) is 17.0 Å². The summed E-state index contributed by atoms with van der Waals surface area (Å²) in [6.45, 7) is 11.3. The smallest absolute Gasteiger partial charge is 0.434 e. The molecule has 1 fully saturated rings. The molecule has 0 aliphatic carbocycles. The molecule has 11 heteroatoms. The van der Waals surface area contributed by atoms with Crippen LogP contribution in [-0.2, 0) is 16.1 Å². The average molecular weight is 439 g/mol. The van der Waals surface area contributed by atoms with Crippen molar-refractivity contribution >= 4 is 17.9 Å². The van der Waals surface area contributed by atoms with Gasteiger partial charge in [0.15, 0.2) is 0 Å². The van der Waals surface area contributed by atoms with Crippen LogP contribution >= 0.6 is 0 Å². The van der Waals surface area contributed by atoms with Gasteiger partial charge in [-0.3, -0.25) is 4.79 Å². The highest BCUT2D eigenvalue weighted by atomic mass is 16.6. The van der Waals surface area contributed by atoms with Gasteiger partial charge in [0, 0.05) is 19.1 Å². The summed E-state index contributed by atoms with van der Waals surface area (Å²) in [5.74, 6) is -0.545. The number of amides is 2. The van der Waals surface area contributed by atoms with E-state index in [9.17, 15) is 19.7 Å². The minimum atomic E-state index is -0.820. The molecule has 0 radical (unpaired) electrons. The SMILES string of the molecule is CN1C[C@H](NC(=O)[C@H](CCCn2ccnc2[N+](=O)[O-])NC(=O)OC(C)(C)C)C(C)(C)C1. The van der Waals surface area contributed by atoms with Crippen molar-refractivity contribution in [3.05, 3.63) is 22.5 Å². The zero-order chi connectivity index (χ0) is 23.4. The summed E-state index contributed by atoms with van der Waals surface area (Å²) in [7, 11) is 2.00. The van der Waals surface area contributed by atoms with Gasteiger partial charge in [0.1, 0.15) is 24.0 Å². The van der Waals surface area contributed by atoms with Crippen molar-refractivity contribution in [1.29, 1.82) is 0 Å². The number of nitrogens with zero attached hydrogens (tertiary/aromatic N) is 4. The van der Waals surface area contributed by atoms with E-state index in [0.717, 1.165) is 13.1 Å². The largest absolute Gasteiger partial charge is 0.444 e. The van der Waals surface area contributed by atoms with E-state index in [-0.39, 0.29) is 23.3 Å². The Bertz CT molecular complexity index is 800. The topological polar surface area (TPSA) is 132 Å². The van der Waals surface area contributed by atoms with Crippen molar-refractivity contribution < 1.29 is 19.2 Å². The summed E-state index contributed by atoms with van der Waals surface area (Å²) in [6, 6.07) is -0.873. The fourth-order valence-corrected chi connectivity index (χ4v) is 3.77. The summed E-state index contributed by atoms with van der Waals surface area (Å²) in [6.07, 6.45) is 2.93. The number of hydrogen-bond acceptors (Lipinski definition) is 7. The van der Waals surface area contributed by atoms with Crippen LogP contribution in [0.15, 0.2) is 12.4 Å². The lowest BCUT2D eigenvalue weighted by Gasteiger charge is -2.29. The van der Waals surface area contributed by atoms with Crippen LogP contribution in [0.25, 0.3) is 0 Å². The number of carbonyl (C=O) groups excluding carboxylic acids is 2. The molecule has 1 aromatic heterocycles. The fourth-order valence-electron chi connectivity index (χ4n) is 3.77. The van der Waals surface area contributed by atoms with Gasteiger partial charge in [-0.15, -0.1) is 0 Å². The number of nitro groups is 1. The van der Waals surface area contributed by atoms with E-state index in [0.29, 0.717) is 19.4 Å². The van der Waals surface area contributed by atoms with E-state index in [4.69, 9.17) is 4.74 Å². The molecule has 0 aromatic carbocycles. The van der Waals surface area contributed by atoms with Crippen LogP contribution in [0.5, 0.6) is 0 Å². The predicted octanol–water partition coefficient (Wildman–Crippen LogP) is 1.92. The molecule has 11 nitrogen and oxygen atoms in total. The second-order valence-corrected chi connectivity index (χ2v) is 9.77. The molecule has 174 valence electrons. The molecule has 31 heavy (non-hydrogen) atoms. The van der Waals surface area contributed by atoms with Gasteiger partial charge in [0.2, 0.25) is 5.91 Å². The van der Waals surface area contributed by atoms with Crippen molar-refractivity contribution in [3.8, 4) is 0 Å². The van der Waals surface area contributed by atoms with Gasteiger partial charge in [0.05, 0.1) is 6.54 Å². The van der Waals surface area contributed by atoms with Gasteiger partial charge in [0.25, 0.3) is 0 Å². The van der Waals surface area contributed by atoms with Crippen molar-refractivity contribution in [2.24, 2.45) is 5.41 Å². The Morgan fingerprint density at radius 3 is 2.65 bits per heavy atom. The van der Waals surface area contributed by atoms with E-state index in [2.05, 4.69) is 34.4 Å². The first-order valence-electron chi connectivity index (χ1n) is 10.4. The number of imidazole rings is 1. The molecule has 2 rings (SSSR count). The van der Waals surface area contributed by atoms with E-state index in [1.807, 2.05) is 7.05 Å². The van der Waals surface area contributed by atoms with E-state index >= 15 is 0 Å². The number of aromatic nitrogens is 2. The van der Waals surface area contributed by atoms with Gasteiger partial charge in [-0.1, -0.05) is 18.8 Å². The maximum Gasteiger partial charge on any atom is 0.434 e. The van der Waals surface area contributed by atoms with Crippen molar-refractivity contribution in [1.82, 2.24) is 25.1 Å². The third kappa shape index (κ3) is 7.20. The van der Waals surface area contributed by atoms with Gasteiger partial charge < -0.3 is 30.4 Å². The molecule has 1 aliphatic heterocycles. The van der Waals surface area contributed by atoms with Gasteiger partial charge in [-0.2, -0.15) is 0 Å². The molecule has 0 bridgehead atoms. The first-order valence-corrected chi connectivity index (χ1v) is 10.4. The van der Waals surface area contributed by atoms with Crippen LogP contribution in [0.3, 0.4) is 0 Å². The molecule has 0 spiro atoms. The zero-order valence-electron chi connectivity index (χ0n) is 19.2. The number of carbonyl (C=O) groups is 2.